The van der Waals surface area contributed by atoms with E-state index in [9.17, 15) is 0 Å². The molecule has 0 radical (unpaired) electrons. The van der Waals surface area contributed by atoms with Crippen LogP contribution in [0.3, 0.4) is 0 Å². The van der Waals surface area contributed by atoms with Crippen LogP contribution in [0.1, 0.15) is 48.9 Å². The molecule has 1 aromatic carbocycles. The van der Waals surface area contributed by atoms with Gasteiger partial charge in [0, 0.05) is 6.04 Å². The van der Waals surface area contributed by atoms with Gasteiger partial charge in [-0.25, -0.2) is 0 Å². The molecule has 1 atom stereocenters. The van der Waals surface area contributed by atoms with Gasteiger partial charge in [-0.2, -0.15) is 0 Å². The molecular formula is C13H21N. The third kappa shape index (κ3) is 2.85. The summed E-state index contributed by atoms with van der Waals surface area (Å²) in [7, 11) is 0. The Kier molecular flexibility index (Phi) is 4.15. The molecule has 0 aromatic heterocycles. The number of hydrogen-bond acceptors (Lipinski definition) is 1. The van der Waals surface area contributed by atoms with Crippen molar-refractivity contribution in [3.63, 3.8) is 0 Å². The van der Waals surface area contributed by atoms with Gasteiger partial charge in [-0.3, -0.25) is 0 Å². The molecule has 1 nitrogen and oxygen atoms in total. The predicted octanol–water partition coefficient (Wildman–Crippen LogP) is 3.49. The van der Waals surface area contributed by atoms with Gasteiger partial charge in [-0.1, -0.05) is 43.5 Å². The second-order valence-electron chi connectivity index (χ2n) is 4.11. The minimum atomic E-state index is 0.218. The Bertz CT molecular complexity index is 291. The number of benzene rings is 1. The molecule has 0 bridgehead atoms. The zero-order valence-corrected chi connectivity index (χ0v) is 9.51. The molecule has 14 heavy (non-hydrogen) atoms. The van der Waals surface area contributed by atoms with Crippen molar-refractivity contribution in [3.05, 3.63) is 34.9 Å². The molecule has 0 saturated heterocycles. The maximum atomic E-state index is 6.13. The average Bonchev–Trinajstić information content (AvgIpc) is 2.14. The van der Waals surface area contributed by atoms with Gasteiger partial charge in [-0.15, -0.1) is 0 Å². The van der Waals surface area contributed by atoms with E-state index in [-0.39, 0.29) is 6.04 Å². The van der Waals surface area contributed by atoms with Crippen LogP contribution in [0, 0.1) is 13.8 Å². The summed E-state index contributed by atoms with van der Waals surface area (Å²) < 4.78 is 0. The van der Waals surface area contributed by atoms with Crippen molar-refractivity contribution >= 4 is 0 Å². The van der Waals surface area contributed by atoms with E-state index in [2.05, 4.69) is 39.0 Å². The van der Waals surface area contributed by atoms with Crippen molar-refractivity contribution in [2.24, 2.45) is 5.73 Å². The molecule has 0 fully saturated rings. The minimum Gasteiger partial charge on any atom is -0.324 e. The smallest absolute Gasteiger partial charge is 0.0297 e. The lowest BCUT2D eigenvalue weighted by atomic mass is 9.96. The van der Waals surface area contributed by atoms with Crippen molar-refractivity contribution in [2.45, 2.75) is 46.1 Å². The van der Waals surface area contributed by atoms with Crippen LogP contribution in [0.25, 0.3) is 0 Å². The summed E-state index contributed by atoms with van der Waals surface area (Å²) in [6.45, 7) is 6.47. The summed E-state index contributed by atoms with van der Waals surface area (Å²) in [5.41, 5.74) is 10.1. The van der Waals surface area contributed by atoms with Gasteiger partial charge in [-0.05, 0) is 31.4 Å². The average molecular weight is 191 g/mol. The van der Waals surface area contributed by atoms with Crippen LogP contribution in [-0.2, 0) is 0 Å². The maximum Gasteiger partial charge on any atom is 0.0297 e. The highest BCUT2D eigenvalue weighted by atomic mass is 14.6. The molecule has 78 valence electrons. The van der Waals surface area contributed by atoms with Gasteiger partial charge in [0.25, 0.3) is 0 Å². The van der Waals surface area contributed by atoms with Gasteiger partial charge in [0.05, 0.1) is 0 Å². The molecule has 1 unspecified atom stereocenters. The lowest BCUT2D eigenvalue weighted by molar-refractivity contribution is 0.601. The highest BCUT2D eigenvalue weighted by Gasteiger charge is 2.07. The summed E-state index contributed by atoms with van der Waals surface area (Å²) in [5.74, 6) is 0. The molecule has 1 aromatic rings. The van der Waals surface area contributed by atoms with Crippen molar-refractivity contribution < 1.29 is 0 Å². The number of hydrogen-bond donors (Lipinski definition) is 1. The van der Waals surface area contributed by atoms with Gasteiger partial charge in [0.1, 0.15) is 0 Å². The standard InChI is InChI=1S/C13H21N/c1-4-5-6-13(14)12-8-7-10(2)9-11(12)3/h7-9,13H,4-6,14H2,1-3H3. The zero-order chi connectivity index (χ0) is 10.6. The molecule has 1 rings (SSSR count). The van der Waals surface area contributed by atoms with Gasteiger partial charge < -0.3 is 5.73 Å². The third-order valence-corrected chi connectivity index (χ3v) is 2.69. The Hall–Kier alpha value is -0.820. The zero-order valence-electron chi connectivity index (χ0n) is 9.51. The fourth-order valence-electron chi connectivity index (χ4n) is 1.82. The maximum absolute atomic E-state index is 6.13. The van der Waals surface area contributed by atoms with Gasteiger partial charge in [0.15, 0.2) is 0 Å². The van der Waals surface area contributed by atoms with Crippen molar-refractivity contribution in [1.29, 1.82) is 0 Å². The molecule has 0 aliphatic carbocycles. The summed E-state index contributed by atoms with van der Waals surface area (Å²) in [6.07, 6.45) is 3.54. The van der Waals surface area contributed by atoms with Crippen LogP contribution < -0.4 is 5.73 Å². The molecular weight excluding hydrogens is 170 g/mol. The molecule has 0 amide bonds. The van der Waals surface area contributed by atoms with Crippen molar-refractivity contribution in [1.82, 2.24) is 0 Å². The topological polar surface area (TPSA) is 26.0 Å². The van der Waals surface area contributed by atoms with Crippen LogP contribution in [0.4, 0.5) is 0 Å². The molecule has 2 N–H and O–H groups in total. The van der Waals surface area contributed by atoms with Gasteiger partial charge >= 0.3 is 0 Å². The molecule has 0 heterocycles. The van der Waals surface area contributed by atoms with Crippen LogP contribution in [0.2, 0.25) is 0 Å². The van der Waals surface area contributed by atoms with Crippen LogP contribution >= 0.6 is 0 Å². The highest BCUT2D eigenvalue weighted by Crippen LogP contribution is 2.21. The highest BCUT2D eigenvalue weighted by molar-refractivity contribution is 5.32. The fraction of sp³-hybridized carbons (Fsp3) is 0.538. The van der Waals surface area contributed by atoms with E-state index in [1.807, 2.05) is 0 Å². The monoisotopic (exact) mass is 191 g/mol. The Labute approximate surface area is 87.3 Å². The van der Waals surface area contributed by atoms with E-state index in [1.165, 1.54) is 29.5 Å². The number of nitrogens with two attached hydrogens (primary N) is 1. The summed E-state index contributed by atoms with van der Waals surface area (Å²) in [5, 5.41) is 0. The number of rotatable bonds is 4. The first kappa shape index (κ1) is 11.3. The summed E-state index contributed by atoms with van der Waals surface area (Å²) in [6, 6.07) is 6.75. The van der Waals surface area contributed by atoms with E-state index in [4.69, 9.17) is 5.73 Å². The molecule has 0 spiro atoms. The predicted molar refractivity (Wildman–Crippen MR) is 62.4 cm³/mol. The normalized spacial score (nSPS) is 12.9. The summed E-state index contributed by atoms with van der Waals surface area (Å²) in [4.78, 5) is 0. The van der Waals surface area contributed by atoms with E-state index >= 15 is 0 Å². The Morgan fingerprint density at radius 1 is 1.29 bits per heavy atom. The lowest BCUT2D eigenvalue weighted by Gasteiger charge is -2.14. The second kappa shape index (κ2) is 5.16. The second-order valence-corrected chi connectivity index (χ2v) is 4.11. The molecule has 0 aliphatic heterocycles. The van der Waals surface area contributed by atoms with Crippen LogP contribution in [0.15, 0.2) is 18.2 Å². The largest absolute Gasteiger partial charge is 0.324 e. The first-order valence-corrected chi connectivity index (χ1v) is 5.48. The fourth-order valence-corrected chi connectivity index (χ4v) is 1.82. The quantitative estimate of drug-likeness (QED) is 0.774. The Balaban J connectivity index is 2.74. The van der Waals surface area contributed by atoms with Crippen molar-refractivity contribution in [2.75, 3.05) is 0 Å². The Morgan fingerprint density at radius 2 is 2.00 bits per heavy atom. The molecule has 1 heteroatoms. The number of aryl methyl sites for hydroxylation is 2. The first-order chi connectivity index (χ1) is 6.65. The minimum absolute atomic E-state index is 0.218. The lowest BCUT2D eigenvalue weighted by Crippen LogP contribution is -2.11. The van der Waals surface area contributed by atoms with E-state index in [0.29, 0.717) is 0 Å². The Morgan fingerprint density at radius 3 is 2.57 bits per heavy atom. The molecule has 0 saturated carbocycles. The SMILES string of the molecule is CCCCC(N)c1ccc(C)cc1C. The summed E-state index contributed by atoms with van der Waals surface area (Å²) >= 11 is 0. The van der Waals surface area contributed by atoms with E-state index in [1.54, 1.807) is 0 Å². The first-order valence-electron chi connectivity index (χ1n) is 5.48. The van der Waals surface area contributed by atoms with Crippen LogP contribution in [0.5, 0.6) is 0 Å². The molecule has 0 aliphatic rings. The van der Waals surface area contributed by atoms with Gasteiger partial charge in [0.2, 0.25) is 0 Å². The van der Waals surface area contributed by atoms with E-state index in [0.717, 1.165) is 6.42 Å². The van der Waals surface area contributed by atoms with Crippen molar-refractivity contribution in [3.8, 4) is 0 Å². The van der Waals surface area contributed by atoms with E-state index < -0.39 is 0 Å². The number of unbranched alkanes of at least 4 members (excludes halogenated alkanes) is 1. The third-order valence-electron chi connectivity index (χ3n) is 2.69. The van der Waals surface area contributed by atoms with Crippen LogP contribution in [-0.4, -0.2) is 0 Å².